The molecule has 2 N–H and O–H groups in total. The molecule has 144 valence electrons. The molecule has 2 fully saturated rings. The lowest BCUT2D eigenvalue weighted by molar-refractivity contribution is -0.121. The van der Waals surface area contributed by atoms with Gasteiger partial charge >= 0.3 is 0 Å². The van der Waals surface area contributed by atoms with Crippen LogP contribution in [0.4, 0.5) is 0 Å². The van der Waals surface area contributed by atoms with Crippen LogP contribution in [0.2, 0.25) is 0 Å². The minimum absolute atomic E-state index is 0. The third kappa shape index (κ3) is 10.8. The molecule has 0 radical (unpaired) electrons. The van der Waals surface area contributed by atoms with Crippen LogP contribution in [0.1, 0.15) is 64.2 Å². The molecule has 4 nitrogen and oxygen atoms in total. The number of hydrogen-bond acceptors (Lipinski definition) is 3. The summed E-state index contributed by atoms with van der Waals surface area (Å²) in [6.07, 6.45) is 12.1. The molecule has 0 bridgehead atoms. The first kappa shape index (κ1) is 24.0. The van der Waals surface area contributed by atoms with Crippen LogP contribution in [0.15, 0.2) is 0 Å². The first-order valence-electron chi connectivity index (χ1n) is 9.54. The standard InChI is InChI=1S/C18H35N3O.2ClH/c22-18(8-7-17-9-12-19-13-10-17)20-11-3-1-4-14-21-15-5-2-6-16-21;;/h17,19H,1-16H2,(H,20,22);2*1H. The summed E-state index contributed by atoms with van der Waals surface area (Å²) < 4.78 is 0. The molecule has 0 aromatic carbocycles. The normalized spacial score (nSPS) is 19.2. The number of amides is 1. The van der Waals surface area contributed by atoms with Gasteiger partial charge in [0.25, 0.3) is 0 Å². The number of nitrogens with one attached hydrogen (secondary N) is 2. The second kappa shape index (κ2) is 15.2. The van der Waals surface area contributed by atoms with Crippen molar-refractivity contribution in [2.75, 3.05) is 39.3 Å². The van der Waals surface area contributed by atoms with E-state index in [1.54, 1.807) is 0 Å². The molecule has 1 amide bonds. The average Bonchev–Trinajstić information content (AvgIpc) is 2.58. The van der Waals surface area contributed by atoms with E-state index in [0.29, 0.717) is 0 Å². The highest BCUT2D eigenvalue weighted by molar-refractivity contribution is 5.85. The van der Waals surface area contributed by atoms with Crippen molar-refractivity contribution in [3.8, 4) is 0 Å². The summed E-state index contributed by atoms with van der Waals surface area (Å²) in [6.45, 7) is 6.97. The number of piperidine rings is 2. The topological polar surface area (TPSA) is 44.4 Å². The van der Waals surface area contributed by atoms with Crippen molar-refractivity contribution >= 4 is 30.7 Å². The molecular formula is C18H37Cl2N3O. The van der Waals surface area contributed by atoms with Crippen molar-refractivity contribution < 1.29 is 4.79 Å². The molecule has 2 heterocycles. The van der Waals surface area contributed by atoms with E-state index >= 15 is 0 Å². The first-order valence-corrected chi connectivity index (χ1v) is 9.54. The summed E-state index contributed by atoms with van der Waals surface area (Å²) in [5.41, 5.74) is 0. The molecule has 2 aliphatic rings. The van der Waals surface area contributed by atoms with Gasteiger partial charge in [-0.1, -0.05) is 12.8 Å². The summed E-state index contributed by atoms with van der Waals surface area (Å²) >= 11 is 0. The van der Waals surface area contributed by atoms with Gasteiger partial charge in [0, 0.05) is 13.0 Å². The van der Waals surface area contributed by atoms with Gasteiger partial charge < -0.3 is 15.5 Å². The zero-order valence-corrected chi connectivity index (χ0v) is 16.7. The van der Waals surface area contributed by atoms with E-state index in [0.717, 1.165) is 44.8 Å². The second-order valence-electron chi connectivity index (χ2n) is 7.04. The fourth-order valence-corrected chi connectivity index (χ4v) is 3.64. The molecule has 6 heteroatoms. The SMILES string of the molecule is Cl.Cl.O=C(CCC1CCNCC1)NCCCCCN1CCCCC1. The molecule has 0 saturated carbocycles. The quantitative estimate of drug-likeness (QED) is 0.601. The lowest BCUT2D eigenvalue weighted by Gasteiger charge is -2.26. The summed E-state index contributed by atoms with van der Waals surface area (Å²) in [5, 5.41) is 6.47. The van der Waals surface area contributed by atoms with E-state index in [1.165, 1.54) is 64.6 Å². The summed E-state index contributed by atoms with van der Waals surface area (Å²) in [7, 11) is 0. The Balaban J connectivity index is 0.00000264. The molecule has 0 unspecified atom stereocenters. The largest absolute Gasteiger partial charge is 0.356 e. The van der Waals surface area contributed by atoms with Gasteiger partial charge in [-0.3, -0.25) is 4.79 Å². The lowest BCUT2D eigenvalue weighted by atomic mass is 9.93. The highest BCUT2D eigenvalue weighted by Crippen LogP contribution is 2.17. The predicted octanol–water partition coefficient (Wildman–Crippen LogP) is 3.38. The van der Waals surface area contributed by atoms with Crippen LogP contribution in [0.25, 0.3) is 0 Å². The van der Waals surface area contributed by atoms with E-state index < -0.39 is 0 Å². The van der Waals surface area contributed by atoms with Crippen LogP contribution in [-0.4, -0.2) is 50.1 Å². The minimum Gasteiger partial charge on any atom is -0.356 e. The van der Waals surface area contributed by atoms with Crippen LogP contribution in [0, 0.1) is 5.92 Å². The van der Waals surface area contributed by atoms with Crippen molar-refractivity contribution in [2.45, 2.75) is 64.2 Å². The van der Waals surface area contributed by atoms with Crippen molar-refractivity contribution in [3.63, 3.8) is 0 Å². The fraction of sp³-hybridized carbons (Fsp3) is 0.944. The van der Waals surface area contributed by atoms with Gasteiger partial charge in [0.15, 0.2) is 0 Å². The molecule has 2 aliphatic heterocycles. The molecule has 0 aromatic rings. The number of unbranched alkanes of at least 4 members (excludes halogenated alkanes) is 2. The molecule has 0 aromatic heterocycles. The maximum absolute atomic E-state index is 11.8. The van der Waals surface area contributed by atoms with E-state index in [-0.39, 0.29) is 30.7 Å². The number of rotatable bonds is 9. The van der Waals surface area contributed by atoms with Crippen molar-refractivity contribution in [2.24, 2.45) is 5.92 Å². The van der Waals surface area contributed by atoms with Crippen LogP contribution in [0.5, 0.6) is 0 Å². The van der Waals surface area contributed by atoms with Crippen LogP contribution < -0.4 is 10.6 Å². The van der Waals surface area contributed by atoms with Crippen LogP contribution in [-0.2, 0) is 4.79 Å². The maximum Gasteiger partial charge on any atom is 0.220 e. The Hall–Kier alpha value is -0.0300. The highest BCUT2D eigenvalue weighted by Gasteiger charge is 2.14. The van der Waals surface area contributed by atoms with Crippen LogP contribution >= 0.6 is 24.8 Å². The zero-order valence-electron chi connectivity index (χ0n) is 15.1. The number of likely N-dealkylation sites (tertiary alicyclic amines) is 1. The first-order chi connectivity index (χ1) is 10.8. The van der Waals surface area contributed by atoms with Crippen molar-refractivity contribution in [1.82, 2.24) is 15.5 Å². The Labute approximate surface area is 160 Å². The Morgan fingerprint density at radius 3 is 2.42 bits per heavy atom. The van der Waals surface area contributed by atoms with Crippen molar-refractivity contribution in [3.05, 3.63) is 0 Å². The number of hydrogen-bond donors (Lipinski definition) is 2. The van der Waals surface area contributed by atoms with E-state index in [9.17, 15) is 4.79 Å². The van der Waals surface area contributed by atoms with Gasteiger partial charge in [-0.2, -0.15) is 0 Å². The Bertz CT molecular complexity index is 307. The van der Waals surface area contributed by atoms with E-state index in [4.69, 9.17) is 0 Å². The van der Waals surface area contributed by atoms with Gasteiger partial charge in [-0.15, -0.1) is 24.8 Å². The smallest absolute Gasteiger partial charge is 0.220 e. The maximum atomic E-state index is 11.8. The van der Waals surface area contributed by atoms with Gasteiger partial charge in [-0.05, 0) is 83.6 Å². The fourth-order valence-electron chi connectivity index (χ4n) is 3.64. The molecule has 0 spiro atoms. The lowest BCUT2D eigenvalue weighted by Crippen LogP contribution is -2.31. The summed E-state index contributed by atoms with van der Waals surface area (Å²) in [5.74, 6) is 1.02. The van der Waals surface area contributed by atoms with Gasteiger partial charge in [0.2, 0.25) is 5.91 Å². The molecule has 0 atom stereocenters. The number of halogens is 2. The molecular weight excluding hydrogens is 345 g/mol. The monoisotopic (exact) mass is 381 g/mol. The minimum atomic E-state index is 0. The number of carbonyl (C=O) groups is 1. The molecule has 2 rings (SSSR count). The average molecular weight is 382 g/mol. The third-order valence-corrected chi connectivity index (χ3v) is 5.16. The second-order valence-corrected chi connectivity index (χ2v) is 7.04. The van der Waals surface area contributed by atoms with E-state index in [1.807, 2.05) is 0 Å². The number of carbonyl (C=O) groups excluding carboxylic acids is 1. The van der Waals surface area contributed by atoms with Gasteiger partial charge in [-0.25, -0.2) is 0 Å². The van der Waals surface area contributed by atoms with Gasteiger partial charge in [0.05, 0.1) is 0 Å². The Kier molecular flexibility index (Phi) is 15.2. The molecule has 2 saturated heterocycles. The third-order valence-electron chi connectivity index (χ3n) is 5.16. The summed E-state index contributed by atoms with van der Waals surface area (Å²) in [6, 6.07) is 0. The highest BCUT2D eigenvalue weighted by atomic mass is 35.5. The Morgan fingerprint density at radius 1 is 1.00 bits per heavy atom. The Morgan fingerprint density at radius 2 is 1.71 bits per heavy atom. The van der Waals surface area contributed by atoms with Crippen molar-refractivity contribution in [1.29, 1.82) is 0 Å². The molecule has 24 heavy (non-hydrogen) atoms. The predicted molar refractivity (Wildman–Crippen MR) is 106 cm³/mol. The van der Waals surface area contributed by atoms with Crippen LogP contribution in [0.3, 0.4) is 0 Å². The zero-order chi connectivity index (χ0) is 15.5. The summed E-state index contributed by atoms with van der Waals surface area (Å²) in [4.78, 5) is 14.4. The van der Waals surface area contributed by atoms with E-state index in [2.05, 4.69) is 15.5 Å². The number of nitrogens with zero attached hydrogens (tertiary/aromatic N) is 1. The molecule has 0 aliphatic carbocycles. The van der Waals surface area contributed by atoms with Gasteiger partial charge in [0.1, 0.15) is 0 Å².